The first-order chi connectivity index (χ1) is 14.1. The van der Waals surface area contributed by atoms with Gasteiger partial charge in [0.05, 0.1) is 11.1 Å². The molecule has 5 aromatic rings. The van der Waals surface area contributed by atoms with Crippen molar-refractivity contribution in [3.63, 3.8) is 0 Å². The summed E-state index contributed by atoms with van der Waals surface area (Å²) in [4.78, 5) is 30.8. The quantitative estimate of drug-likeness (QED) is 0.419. The predicted octanol–water partition coefficient (Wildman–Crippen LogP) is 3.33. The fourth-order valence-corrected chi connectivity index (χ4v) is 3.66. The van der Waals surface area contributed by atoms with Crippen LogP contribution in [-0.4, -0.2) is 14.0 Å². The maximum absolute atomic E-state index is 13.1. The Morgan fingerprint density at radius 1 is 0.897 bits per heavy atom. The van der Waals surface area contributed by atoms with Crippen molar-refractivity contribution in [1.29, 1.82) is 5.26 Å². The minimum absolute atomic E-state index is 0.0999. The third-order valence-electron chi connectivity index (χ3n) is 5.11. The summed E-state index contributed by atoms with van der Waals surface area (Å²) in [5, 5.41) is 11.7. The molecule has 0 aliphatic carbocycles. The number of nitrogens with zero attached hydrogens (tertiary/aromatic N) is 4. The number of hydrogen-bond donors (Lipinski definition) is 0. The molecule has 0 spiro atoms. The van der Waals surface area contributed by atoms with Crippen molar-refractivity contribution in [2.24, 2.45) is 0 Å². The van der Waals surface area contributed by atoms with Crippen LogP contribution in [0, 0.1) is 18.3 Å². The molecular formula is C23H14N4O2. The lowest BCUT2D eigenvalue weighted by molar-refractivity contribution is 0.981. The first kappa shape index (κ1) is 16.9. The van der Waals surface area contributed by atoms with Crippen molar-refractivity contribution in [3.05, 3.63) is 98.7 Å². The first-order valence-corrected chi connectivity index (χ1v) is 9.05. The summed E-state index contributed by atoms with van der Waals surface area (Å²) in [6.07, 6.45) is 1.63. The lowest BCUT2D eigenvalue weighted by Gasteiger charge is -2.13. The Morgan fingerprint density at radius 2 is 1.69 bits per heavy atom. The Morgan fingerprint density at radius 3 is 2.48 bits per heavy atom. The van der Waals surface area contributed by atoms with Crippen LogP contribution in [0.3, 0.4) is 0 Å². The SMILES string of the molecule is Cc1cccn2c(=O)c3cc(C#N)c(=O)n(-c4ccc5ccccc5c4)c3nc12. The Hall–Kier alpha value is -4.24. The van der Waals surface area contributed by atoms with E-state index in [2.05, 4.69) is 4.98 Å². The van der Waals surface area contributed by atoms with Crippen LogP contribution < -0.4 is 11.1 Å². The van der Waals surface area contributed by atoms with Crippen LogP contribution in [0.4, 0.5) is 0 Å². The van der Waals surface area contributed by atoms with E-state index in [4.69, 9.17) is 0 Å². The van der Waals surface area contributed by atoms with E-state index in [1.165, 1.54) is 15.0 Å². The molecule has 0 aliphatic heterocycles. The third kappa shape index (κ3) is 2.45. The maximum atomic E-state index is 13.1. The highest BCUT2D eigenvalue weighted by Gasteiger charge is 2.17. The van der Waals surface area contributed by atoms with Crippen LogP contribution in [0.1, 0.15) is 11.1 Å². The molecule has 0 atom stereocenters. The van der Waals surface area contributed by atoms with Gasteiger partial charge in [0.15, 0.2) is 5.65 Å². The number of rotatable bonds is 1. The highest BCUT2D eigenvalue weighted by molar-refractivity contribution is 5.86. The zero-order valence-electron chi connectivity index (χ0n) is 15.5. The van der Waals surface area contributed by atoms with Gasteiger partial charge in [0.2, 0.25) is 0 Å². The topological polar surface area (TPSA) is 80.2 Å². The molecule has 3 aromatic heterocycles. The molecule has 0 bridgehead atoms. The average Bonchev–Trinajstić information content (AvgIpc) is 2.74. The Balaban J connectivity index is 2.00. The Bertz CT molecular complexity index is 1620. The molecule has 0 aliphatic rings. The first-order valence-electron chi connectivity index (χ1n) is 9.05. The normalized spacial score (nSPS) is 11.2. The molecule has 3 heterocycles. The molecule has 0 saturated heterocycles. The van der Waals surface area contributed by atoms with E-state index in [0.717, 1.165) is 16.3 Å². The molecule has 2 aromatic carbocycles. The zero-order valence-corrected chi connectivity index (χ0v) is 15.5. The lowest BCUT2D eigenvalue weighted by Crippen LogP contribution is -2.26. The van der Waals surface area contributed by atoms with Crippen molar-refractivity contribution in [3.8, 4) is 11.8 Å². The highest BCUT2D eigenvalue weighted by atomic mass is 16.1. The number of aromatic nitrogens is 3. The van der Waals surface area contributed by atoms with Gasteiger partial charge in [0.25, 0.3) is 11.1 Å². The standard InChI is InChI=1S/C23H14N4O2/c1-14-5-4-10-26-20(14)25-21-19(23(26)29)12-17(13-24)22(28)27(21)18-9-8-15-6-2-3-7-16(15)11-18/h2-12H,1H3. The van der Waals surface area contributed by atoms with Gasteiger partial charge >= 0.3 is 0 Å². The van der Waals surface area contributed by atoms with Crippen LogP contribution in [0.25, 0.3) is 33.1 Å². The second kappa shape index (κ2) is 6.14. The van der Waals surface area contributed by atoms with Gasteiger partial charge in [0.1, 0.15) is 17.3 Å². The van der Waals surface area contributed by atoms with E-state index < -0.39 is 5.56 Å². The van der Waals surface area contributed by atoms with Crippen LogP contribution >= 0.6 is 0 Å². The summed E-state index contributed by atoms with van der Waals surface area (Å²) < 4.78 is 2.79. The fraction of sp³-hybridized carbons (Fsp3) is 0.0435. The van der Waals surface area contributed by atoms with Crippen molar-refractivity contribution >= 4 is 27.5 Å². The summed E-state index contributed by atoms with van der Waals surface area (Å²) in [6, 6.07) is 20.2. The predicted molar refractivity (Wildman–Crippen MR) is 112 cm³/mol. The van der Waals surface area contributed by atoms with E-state index in [0.29, 0.717) is 11.3 Å². The number of benzene rings is 2. The third-order valence-corrected chi connectivity index (χ3v) is 5.11. The average molecular weight is 378 g/mol. The van der Waals surface area contributed by atoms with Gasteiger partial charge in [-0.25, -0.2) is 4.98 Å². The minimum Gasteiger partial charge on any atom is -0.268 e. The molecule has 6 heteroatoms. The highest BCUT2D eigenvalue weighted by Crippen LogP contribution is 2.21. The molecule has 0 saturated carbocycles. The number of nitriles is 1. The van der Waals surface area contributed by atoms with Crippen LogP contribution in [-0.2, 0) is 0 Å². The van der Waals surface area contributed by atoms with Crippen LogP contribution in [0.5, 0.6) is 0 Å². The van der Waals surface area contributed by atoms with Crippen LogP contribution in [0.2, 0.25) is 0 Å². The van der Waals surface area contributed by atoms with E-state index in [9.17, 15) is 14.9 Å². The van der Waals surface area contributed by atoms with Crippen molar-refractivity contribution in [1.82, 2.24) is 14.0 Å². The number of aryl methyl sites for hydroxylation is 1. The zero-order chi connectivity index (χ0) is 20.1. The van der Waals surface area contributed by atoms with Gasteiger partial charge in [0, 0.05) is 6.20 Å². The largest absolute Gasteiger partial charge is 0.274 e. The van der Waals surface area contributed by atoms with Gasteiger partial charge in [-0.3, -0.25) is 18.6 Å². The minimum atomic E-state index is -0.500. The molecule has 5 rings (SSSR count). The van der Waals surface area contributed by atoms with Crippen molar-refractivity contribution in [2.75, 3.05) is 0 Å². The molecule has 138 valence electrons. The number of fused-ring (bicyclic) bond motifs is 3. The molecule has 6 nitrogen and oxygen atoms in total. The van der Waals surface area contributed by atoms with Crippen molar-refractivity contribution in [2.45, 2.75) is 6.92 Å². The Labute approximate surface area is 164 Å². The molecular weight excluding hydrogens is 364 g/mol. The van der Waals surface area contributed by atoms with E-state index in [1.807, 2.05) is 55.5 Å². The summed E-state index contributed by atoms with van der Waals surface area (Å²) >= 11 is 0. The van der Waals surface area contributed by atoms with Crippen LogP contribution in [0.15, 0.2) is 76.4 Å². The smallest absolute Gasteiger partial charge is 0.268 e. The second-order valence-electron chi connectivity index (χ2n) is 6.88. The number of pyridine rings is 2. The molecule has 0 amide bonds. The maximum Gasteiger partial charge on any atom is 0.274 e. The summed E-state index contributed by atoms with van der Waals surface area (Å²) in [7, 11) is 0. The summed E-state index contributed by atoms with van der Waals surface area (Å²) in [5.74, 6) is 0. The molecule has 0 fully saturated rings. The Kier molecular flexibility index (Phi) is 3.58. The molecule has 0 unspecified atom stereocenters. The summed E-state index contributed by atoms with van der Waals surface area (Å²) in [6.45, 7) is 1.86. The van der Waals surface area contributed by atoms with Crippen molar-refractivity contribution < 1.29 is 0 Å². The monoisotopic (exact) mass is 378 g/mol. The summed E-state index contributed by atoms with van der Waals surface area (Å²) in [5.41, 5.74) is 1.17. The molecule has 29 heavy (non-hydrogen) atoms. The van der Waals surface area contributed by atoms with Gasteiger partial charge in [-0.2, -0.15) is 5.26 Å². The second-order valence-corrected chi connectivity index (χ2v) is 6.88. The number of hydrogen-bond acceptors (Lipinski definition) is 4. The van der Waals surface area contributed by atoms with Gasteiger partial charge in [-0.1, -0.05) is 36.4 Å². The molecule has 0 radical (unpaired) electrons. The van der Waals surface area contributed by atoms with Gasteiger partial charge in [-0.05, 0) is 47.5 Å². The molecule has 0 N–H and O–H groups in total. The van der Waals surface area contributed by atoms with Gasteiger partial charge < -0.3 is 0 Å². The lowest BCUT2D eigenvalue weighted by atomic mass is 10.1. The fourth-order valence-electron chi connectivity index (χ4n) is 3.66. The van der Waals surface area contributed by atoms with E-state index in [-0.39, 0.29) is 22.2 Å². The van der Waals surface area contributed by atoms with E-state index >= 15 is 0 Å². The van der Waals surface area contributed by atoms with E-state index in [1.54, 1.807) is 18.3 Å². The van der Waals surface area contributed by atoms with Gasteiger partial charge in [-0.15, -0.1) is 0 Å².